The molecule has 0 aromatic carbocycles. The van der Waals surface area contributed by atoms with Crippen molar-refractivity contribution < 1.29 is 9.84 Å². The van der Waals surface area contributed by atoms with E-state index in [1.165, 1.54) is 0 Å². The summed E-state index contributed by atoms with van der Waals surface area (Å²) in [6.45, 7) is 6.64. The van der Waals surface area contributed by atoms with Crippen LogP contribution < -0.4 is 0 Å². The van der Waals surface area contributed by atoms with Crippen LogP contribution in [-0.4, -0.2) is 24.4 Å². The maximum atomic E-state index is 8.46. The highest BCUT2D eigenvalue weighted by atomic mass is 16.5. The number of unbranched alkanes of at least 4 members (excludes halogenated alkanes) is 2. The van der Waals surface area contributed by atoms with Crippen LogP contribution in [0.15, 0.2) is 12.7 Å². The second-order valence-corrected chi connectivity index (χ2v) is 2.60. The number of aliphatic hydroxyl groups excluding tert-OH is 1. The number of hydrogen-bond acceptors (Lipinski definition) is 2. The SMILES string of the molecule is C=CC(C)OCCCCCO. The third kappa shape index (κ3) is 7.56. The van der Waals surface area contributed by atoms with E-state index in [-0.39, 0.29) is 12.7 Å². The standard InChI is InChI=1S/C9H18O2/c1-3-9(2)11-8-6-4-5-7-10/h3,9-10H,1,4-8H2,2H3. The van der Waals surface area contributed by atoms with Gasteiger partial charge in [-0.3, -0.25) is 0 Å². The van der Waals surface area contributed by atoms with Gasteiger partial charge in [-0.1, -0.05) is 6.08 Å². The van der Waals surface area contributed by atoms with E-state index < -0.39 is 0 Å². The predicted octanol–water partition coefficient (Wildman–Crippen LogP) is 1.74. The van der Waals surface area contributed by atoms with Gasteiger partial charge in [-0.05, 0) is 26.2 Å². The summed E-state index contributed by atoms with van der Waals surface area (Å²) in [4.78, 5) is 0. The molecule has 0 aromatic heterocycles. The fraction of sp³-hybridized carbons (Fsp3) is 0.778. The van der Waals surface area contributed by atoms with Crippen molar-refractivity contribution in [3.05, 3.63) is 12.7 Å². The van der Waals surface area contributed by atoms with Gasteiger partial charge in [0.15, 0.2) is 0 Å². The molecule has 0 radical (unpaired) electrons. The van der Waals surface area contributed by atoms with Crippen LogP contribution in [0, 0.1) is 0 Å². The lowest BCUT2D eigenvalue weighted by Crippen LogP contribution is -2.05. The van der Waals surface area contributed by atoms with Gasteiger partial charge in [-0.2, -0.15) is 0 Å². The number of hydrogen-bond donors (Lipinski definition) is 1. The molecule has 0 saturated heterocycles. The summed E-state index contributed by atoms with van der Waals surface area (Å²) in [7, 11) is 0. The third-order valence-electron chi connectivity index (χ3n) is 1.52. The van der Waals surface area contributed by atoms with Crippen LogP contribution in [-0.2, 0) is 4.74 Å². The van der Waals surface area contributed by atoms with E-state index in [9.17, 15) is 0 Å². The lowest BCUT2D eigenvalue weighted by molar-refractivity contribution is 0.0932. The second kappa shape index (κ2) is 7.76. The molecule has 11 heavy (non-hydrogen) atoms. The molecule has 2 heteroatoms. The average molecular weight is 158 g/mol. The van der Waals surface area contributed by atoms with Gasteiger partial charge in [0.05, 0.1) is 6.10 Å². The Morgan fingerprint density at radius 2 is 2.18 bits per heavy atom. The van der Waals surface area contributed by atoms with Crippen LogP contribution in [0.1, 0.15) is 26.2 Å². The molecule has 0 amide bonds. The molecule has 0 aliphatic rings. The van der Waals surface area contributed by atoms with Gasteiger partial charge in [-0.25, -0.2) is 0 Å². The molecule has 0 bridgehead atoms. The molecule has 0 aliphatic heterocycles. The number of aliphatic hydroxyl groups is 1. The smallest absolute Gasteiger partial charge is 0.0725 e. The van der Waals surface area contributed by atoms with E-state index in [0.717, 1.165) is 25.9 Å². The largest absolute Gasteiger partial charge is 0.396 e. The number of ether oxygens (including phenoxy) is 1. The van der Waals surface area contributed by atoms with Gasteiger partial charge < -0.3 is 9.84 Å². The fourth-order valence-corrected chi connectivity index (χ4v) is 0.728. The first-order valence-electron chi connectivity index (χ1n) is 4.16. The summed E-state index contributed by atoms with van der Waals surface area (Å²) in [6, 6.07) is 0. The van der Waals surface area contributed by atoms with Gasteiger partial charge >= 0.3 is 0 Å². The van der Waals surface area contributed by atoms with Crippen LogP contribution in [0.5, 0.6) is 0 Å². The quantitative estimate of drug-likeness (QED) is 0.451. The average Bonchev–Trinajstić information content (AvgIpc) is 2.04. The molecular weight excluding hydrogens is 140 g/mol. The normalized spacial score (nSPS) is 12.9. The van der Waals surface area contributed by atoms with Crippen molar-refractivity contribution in [3.63, 3.8) is 0 Å². The Bertz CT molecular complexity index is 91.6. The maximum Gasteiger partial charge on any atom is 0.0725 e. The highest BCUT2D eigenvalue weighted by Crippen LogP contribution is 1.97. The van der Waals surface area contributed by atoms with E-state index in [4.69, 9.17) is 9.84 Å². The first-order valence-corrected chi connectivity index (χ1v) is 4.16. The monoisotopic (exact) mass is 158 g/mol. The molecule has 1 atom stereocenters. The Morgan fingerprint density at radius 1 is 1.45 bits per heavy atom. The van der Waals surface area contributed by atoms with Crippen molar-refractivity contribution in [2.24, 2.45) is 0 Å². The Labute approximate surface area is 68.9 Å². The van der Waals surface area contributed by atoms with E-state index in [2.05, 4.69) is 6.58 Å². The lowest BCUT2D eigenvalue weighted by atomic mass is 10.2. The molecule has 0 aromatic rings. The Kier molecular flexibility index (Phi) is 7.52. The summed E-state index contributed by atoms with van der Waals surface area (Å²) < 4.78 is 5.34. The molecule has 0 rings (SSSR count). The minimum atomic E-state index is 0.157. The van der Waals surface area contributed by atoms with Gasteiger partial charge in [0.1, 0.15) is 0 Å². The van der Waals surface area contributed by atoms with Crippen LogP contribution in [0.4, 0.5) is 0 Å². The molecule has 0 saturated carbocycles. The predicted molar refractivity (Wildman–Crippen MR) is 46.5 cm³/mol. The van der Waals surface area contributed by atoms with E-state index in [0.29, 0.717) is 0 Å². The zero-order valence-corrected chi connectivity index (χ0v) is 7.25. The van der Waals surface area contributed by atoms with Gasteiger partial charge in [0.25, 0.3) is 0 Å². The van der Waals surface area contributed by atoms with Crippen molar-refractivity contribution in [1.82, 2.24) is 0 Å². The van der Waals surface area contributed by atoms with Crippen molar-refractivity contribution in [2.45, 2.75) is 32.3 Å². The summed E-state index contributed by atoms with van der Waals surface area (Å²) in [5.41, 5.74) is 0. The summed E-state index contributed by atoms with van der Waals surface area (Å²) in [5, 5.41) is 8.46. The van der Waals surface area contributed by atoms with Crippen LogP contribution in [0.25, 0.3) is 0 Å². The summed E-state index contributed by atoms with van der Waals surface area (Å²) in [5.74, 6) is 0. The molecule has 2 nitrogen and oxygen atoms in total. The summed E-state index contributed by atoms with van der Waals surface area (Å²) in [6.07, 6.45) is 4.89. The molecule has 0 aliphatic carbocycles. The van der Waals surface area contributed by atoms with Crippen LogP contribution in [0.3, 0.4) is 0 Å². The molecule has 0 heterocycles. The molecule has 1 unspecified atom stereocenters. The first-order chi connectivity index (χ1) is 5.31. The van der Waals surface area contributed by atoms with Crippen molar-refractivity contribution in [3.8, 4) is 0 Å². The Hall–Kier alpha value is -0.340. The molecular formula is C9H18O2. The minimum Gasteiger partial charge on any atom is -0.396 e. The minimum absolute atomic E-state index is 0.157. The van der Waals surface area contributed by atoms with Gasteiger partial charge in [0, 0.05) is 13.2 Å². The zero-order chi connectivity index (χ0) is 8.53. The second-order valence-electron chi connectivity index (χ2n) is 2.60. The van der Waals surface area contributed by atoms with Gasteiger partial charge in [0.2, 0.25) is 0 Å². The van der Waals surface area contributed by atoms with Gasteiger partial charge in [-0.15, -0.1) is 6.58 Å². The highest BCUT2D eigenvalue weighted by molar-refractivity contribution is 4.74. The third-order valence-corrected chi connectivity index (χ3v) is 1.52. The van der Waals surface area contributed by atoms with Crippen LogP contribution >= 0.6 is 0 Å². The Balaban J connectivity index is 2.95. The van der Waals surface area contributed by atoms with Crippen LogP contribution in [0.2, 0.25) is 0 Å². The summed E-state index contributed by atoms with van der Waals surface area (Å²) >= 11 is 0. The van der Waals surface area contributed by atoms with E-state index in [1.54, 1.807) is 6.08 Å². The molecule has 66 valence electrons. The molecule has 1 N–H and O–H groups in total. The lowest BCUT2D eigenvalue weighted by Gasteiger charge is -2.06. The first kappa shape index (κ1) is 10.7. The van der Waals surface area contributed by atoms with E-state index >= 15 is 0 Å². The highest BCUT2D eigenvalue weighted by Gasteiger charge is 1.94. The van der Waals surface area contributed by atoms with E-state index in [1.807, 2.05) is 6.92 Å². The van der Waals surface area contributed by atoms with Crippen molar-refractivity contribution in [2.75, 3.05) is 13.2 Å². The molecule has 0 spiro atoms. The Morgan fingerprint density at radius 3 is 2.73 bits per heavy atom. The molecule has 0 fully saturated rings. The fourth-order valence-electron chi connectivity index (χ4n) is 0.728. The number of rotatable bonds is 7. The maximum absolute atomic E-state index is 8.46. The van der Waals surface area contributed by atoms with Crippen molar-refractivity contribution >= 4 is 0 Å². The topological polar surface area (TPSA) is 29.5 Å². The van der Waals surface area contributed by atoms with Crippen molar-refractivity contribution in [1.29, 1.82) is 0 Å². The zero-order valence-electron chi connectivity index (χ0n) is 7.25.